The molecule has 0 heterocycles. The molecule has 1 aromatic carbocycles. The summed E-state index contributed by atoms with van der Waals surface area (Å²) in [5.41, 5.74) is 0.0376. The van der Waals surface area contributed by atoms with Gasteiger partial charge in [0.1, 0.15) is 12.2 Å². The second kappa shape index (κ2) is 7.44. The lowest BCUT2D eigenvalue weighted by Gasteiger charge is -2.30. The normalized spacial score (nSPS) is 13.8. The lowest BCUT2D eigenvalue weighted by atomic mass is 9.80. The summed E-state index contributed by atoms with van der Waals surface area (Å²) in [7, 11) is 0. The molecule has 0 aliphatic carbocycles. The molecule has 0 aliphatic heterocycles. The smallest absolute Gasteiger partial charge is 0.333 e. The number of rotatable bonds is 6. The number of ether oxygens (including phenoxy) is 2. The van der Waals surface area contributed by atoms with Crippen molar-refractivity contribution in [3.8, 4) is 0 Å². The van der Waals surface area contributed by atoms with Crippen LogP contribution in [0.2, 0.25) is 0 Å². The van der Waals surface area contributed by atoms with Crippen LogP contribution in [0.5, 0.6) is 0 Å². The molecule has 23 heavy (non-hydrogen) atoms. The summed E-state index contributed by atoms with van der Waals surface area (Å²) in [5.74, 6) is -0.786. The van der Waals surface area contributed by atoms with Crippen molar-refractivity contribution in [2.75, 3.05) is 6.61 Å². The van der Waals surface area contributed by atoms with Crippen LogP contribution in [-0.2, 0) is 24.5 Å². The third-order valence-electron chi connectivity index (χ3n) is 3.30. The zero-order chi connectivity index (χ0) is 17.7. The highest BCUT2D eigenvalue weighted by Gasteiger charge is 2.33. The Balaban J connectivity index is 2.95. The summed E-state index contributed by atoms with van der Waals surface area (Å²) in [6.07, 6.45) is 0.123. The molecule has 1 atom stereocenters. The van der Waals surface area contributed by atoms with Crippen LogP contribution >= 0.6 is 0 Å². The van der Waals surface area contributed by atoms with E-state index < -0.39 is 17.0 Å². The molecule has 0 amide bonds. The van der Waals surface area contributed by atoms with E-state index in [2.05, 4.69) is 6.58 Å². The molecule has 0 radical (unpaired) electrons. The van der Waals surface area contributed by atoms with Crippen molar-refractivity contribution in [2.24, 2.45) is 0 Å². The average molecular weight is 318 g/mol. The van der Waals surface area contributed by atoms with E-state index in [0.29, 0.717) is 5.57 Å². The molecular weight excluding hydrogens is 292 g/mol. The van der Waals surface area contributed by atoms with E-state index in [-0.39, 0.29) is 19.0 Å². The molecule has 0 spiro atoms. The highest BCUT2D eigenvalue weighted by Crippen LogP contribution is 2.29. The first-order chi connectivity index (χ1) is 10.5. The zero-order valence-electron chi connectivity index (χ0n) is 14.6. The molecule has 0 aromatic heterocycles. The van der Waals surface area contributed by atoms with Crippen LogP contribution in [-0.4, -0.2) is 24.1 Å². The van der Waals surface area contributed by atoms with Crippen molar-refractivity contribution in [2.45, 2.75) is 52.1 Å². The SMILES string of the molecule is C=C(C)C(=O)OCC(C)(CC(=O)OC(C)(C)C)c1ccccc1. The summed E-state index contributed by atoms with van der Waals surface area (Å²) in [5, 5.41) is 0. The molecule has 0 N–H and O–H groups in total. The number of esters is 2. The van der Waals surface area contributed by atoms with Gasteiger partial charge in [0.15, 0.2) is 0 Å². The predicted octanol–water partition coefficient (Wildman–Crippen LogP) is 3.80. The summed E-state index contributed by atoms with van der Waals surface area (Å²) in [4.78, 5) is 23.9. The van der Waals surface area contributed by atoms with Crippen molar-refractivity contribution >= 4 is 11.9 Å². The Bertz CT molecular complexity index is 569. The second-order valence-corrected chi connectivity index (χ2v) is 7.05. The lowest BCUT2D eigenvalue weighted by molar-refractivity contribution is -0.158. The molecule has 0 aliphatic rings. The second-order valence-electron chi connectivity index (χ2n) is 7.05. The van der Waals surface area contributed by atoms with Gasteiger partial charge in [-0.1, -0.05) is 43.8 Å². The third kappa shape index (κ3) is 6.27. The molecule has 0 bridgehead atoms. The van der Waals surface area contributed by atoms with E-state index in [4.69, 9.17) is 9.47 Å². The Morgan fingerprint density at radius 2 is 1.65 bits per heavy atom. The molecule has 1 unspecified atom stereocenters. The molecule has 4 heteroatoms. The molecule has 0 fully saturated rings. The van der Waals surface area contributed by atoms with E-state index in [1.54, 1.807) is 6.92 Å². The van der Waals surface area contributed by atoms with Gasteiger partial charge >= 0.3 is 11.9 Å². The minimum absolute atomic E-state index is 0.0853. The van der Waals surface area contributed by atoms with Gasteiger partial charge in [0.2, 0.25) is 0 Å². The van der Waals surface area contributed by atoms with E-state index in [0.717, 1.165) is 5.56 Å². The van der Waals surface area contributed by atoms with Crippen LogP contribution in [0.15, 0.2) is 42.5 Å². The Kier molecular flexibility index (Phi) is 6.13. The Morgan fingerprint density at radius 1 is 1.09 bits per heavy atom. The van der Waals surface area contributed by atoms with E-state index in [9.17, 15) is 9.59 Å². The molecule has 0 saturated heterocycles. The Hall–Kier alpha value is -2.10. The lowest BCUT2D eigenvalue weighted by Crippen LogP contribution is -2.35. The van der Waals surface area contributed by atoms with Gasteiger partial charge in [0, 0.05) is 11.0 Å². The predicted molar refractivity (Wildman–Crippen MR) is 90.0 cm³/mol. The van der Waals surface area contributed by atoms with Gasteiger partial charge in [0.05, 0.1) is 6.42 Å². The maximum absolute atomic E-state index is 12.2. The summed E-state index contributed by atoms with van der Waals surface area (Å²) < 4.78 is 10.7. The number of carbonyl (C=O) groups is 2. The van der Waals surface area contributed by atoms with Gasteiger partial charge in [-0.2, -0.15) is 0 Å². The van der Waals surface area contributed by atoms with Crippen LogP contribution in [0.4, 0.5) is 0 Å². The Labute approximate surface area is 138 Å². The standard InChI is InChI=1S/C19H26O4/c1-14(2)17(21)22-13-19(6,15-10-8-7-9-11-15)12-16(20)23-18(3,4)5/h7-11H,1,12-13H2,2-6H3. The van der Waals surface area contributed by atoms with Crippen LogP contribution in [0.1, 0.15) is 46.6 Å². The summed E-state index contributed by atoms with van der Waals surface area (Å²) in [6.45, 7) is 12.6. The summed E-state index contributed by atoms with van der Waals surface area (Å²) in [6, 6.07) is 9.52. The van der Waals surface area contributed by atoms with Gasteiger partial charge in [-0.05, 0) is 33.3 Å². The largest absolute Gasteiger partial charge is 0.461 e. The number of hydrogen-bond acceptors (Lipinski definition) is 4. The zero-order valence-corrected chi connectivity index (χ0v) is 14.6. The third-order valence-corrected chi connectivity index (χ3v) is 3.30. The highest BCUT2D eigenvalue weighted by atomic mass is 16.6. The quantitative estimate of drug-likeness (QED) is 0.591. The highest BCUT2D eigenvalue weighted by molar-refractivity contribution is 5.87. The van der Waals surface area contributed by atoms with Crippen molar-refractivity contribution in [3.63, 3.8) is 0 Å². The molecule has 1 aromatic rings. The number of hydrogen-bond donors (Lipinski definition) is 0. The first-order valence-corrected chi connectivity index (χ1v) is 7.63. The van der Waals surface area contributed by atoms with Crippen molar-refractivity contribution in [3.05, 3.63) is 48.0 Å². The molecular formula is C19H26O4. The first-order valence-electron chi connectivity index (χ1n) is 7.63. The fourth-order valence-electron chi connectivity index (χ4n) is 2.12. The van der Waals surface area contributed by atoms with Gasteiger partial charge in [-0.15, -0.1) is 0 Å². The van der Waals surface area contributed by atoms with E-state index in [1.165, 1.54) is 0 Å². The van der Waals surface area contributed by atoms with Crippen LogP contribution in [0.3, 0.4) is 0 Å². The maximum Gasteiger partial charge on any atom is 0.333 e. The van der Waals surface area contributed by atoms with Gasteiger partial charge < -0.3 is 9.47 Å². The Morgan fingerprint density at radius 3 is 2.13 bits per heavy atom. The van der Waals surface area contributed by atoms with Gasteiger partial charge in [-0.3, -0.25) is 4.79 Å². The van der Waals surface area contributed by atoms with Crippen molar-refractivity contribution < 1.29 is 19.1 Å². The van der Waals surface area contributed by atoms with Crippen LogP contribution < -0.4 is 0 Å². The topological polar surface area (TPSA) is 52.6 Å². The average Bonchev–Trinajstić information content (AvgIpc) is 2.43. The number of benzene rings is 1. The molecule has 126 valence electrons. The molecule has 0 saturated carbocycles. The maximum atomic E-state index is 12.2. The molecule has 1 rings (SSSR count). The van der Waals surface area contributed by atoms with Gasteiger partial charge in [-0.25, -0.2) is 4.79 Å². The van der Waals surface area contributed by atoms with Crippen LogP contribution in [0.25, 0.3) is 0 Å². The monoisotopic (exact) mass is 318 g/mol. The van der Waals surface area contributed by atoms with Crippen molar-refractivity contribution in [1.29, 1.82) is 0 Å². The minimum Gasteiger partial charge on any atom is -0.461 e. The first kappa shape index (κ1) is 18.9. The minimum atomic E-state index is -0.658. The fraction of sp³-hybridized carbons (Fsp3) is 0.474. The van der Waals surface area contributed by atoms with Gasteiger partial charge in [0.25, 0.3) is 0 Å². The summed E-state index contributed by atoms with van der Waals surface area (Å²) >= 11 is 0. The fourth-order valence-corrected chi connectivity index (χ4v) is 2.12. The van der Waals surface area contributed by atoms with Crippen LogP contribution in [0, 0.1) is 0 Å². The van der Waals surface area contributed by atoms with E-state index >= 15 is 0 Å². The van der Waals surface area contributed by atoms with E-state index in [1.807, 2.05) is 58.0 Å². The number of carbonyl (C=O) groups excluding carboxylic acids is 2. The van der Waals surface area contributed by atoms with Crippen molar-refractivity contribution in [1.82, 2.24) is 0 Å². The molecule has 4 nitrogen and oxygen atoms in total.